The van der Waals surface area contributed by atoms with Crippen molar-refractivity contribution in [2.75, 3.05) is 36.3 Å². The van der Waals surface area contributed by atoms with Crippen molar-refractivity contribution >= 4 is 46.7 Å². The number of anilines is 3. The highest BCUT2D eigenvalue weighted by atomic mass is 35.5. The van der Waals surface area contributed by atoms with Crippen LogP contribution in [0.2, 0.25) is 10.0 Å². The van der Waals surface area contributed by atoms with Gasteiger partial charge in [0.05, 0.1) is 23.4 Å². The van der Waals surface area contributed by atoms with Gasteiger partial charge in [-0.2, -0.15) is 4.98 Å². The fourth-order valence-corrected chi connectivity index (χ4v) is 5.20. The second-order valence-electron chi connectivity index (χ2n) is 9.83. The van der Waals surface area contributed by atoms with E-state index in [2.05, 4.69) is 15.3 Å². The maximum absolute atomic E-state index is 13.7. The van der Waals surface area contributed by atoms with E-state index in [1.54, 1.807) is 30.3 Å². The standard InChI is InChI=1S/C27H28Cl2N8O3/c1-14(2)36-21-20(15-7-9-16(28)10-8-15)37(19-11-17(29)13-35(5)25(19)38)27(39)32-22(21)31-23(36)18-12-30-26(34(3)4)33-24(18)40-6/h7-14,20H,1-6H3,(H,32,39). The van der Waals surface area contributed by atoms with Crippen molar-refractivity contribution in [3.8, 4) is 17.3 Å². The summed E-state index contributed by atoms with van der Waals surface area (Å²) < 4.78 is 8.97. The van der Waals surface area contributed by atoms with E-state index >= 15 is 0 Å². The van der Waals surface area contributed by atoms with Gasteiger partial charge in [-0.1, -0.05) is 35.3 Å². The van der Waals surface area contributed by atoms with Gasteiger partial charge in [-0.15, -0.1) is 0 Å². The van der Waals surface area contributed by atoms with E-state index in [4.69, 9.17) is 32.9 Å². The average Bonchev–Trinajstić information content (AvgIpc) is 3.29. The molecule has 4 heterocycles. The van der Waals surface area contributed by atoms with Crippen LogP contribution in [-0.2, 0) is 7.05 Å². The van der Waals surface area contributed by atoms with E-state index in [-0.39, 0.29) is 17.3 Å². The van der Waals surface area contributed by atoms with Gasteiger partial charge >= 0.3 is 6.03 Å². The summed E-state index contributed by atoms with van der Waals surface area (Å²) >= 11 is 12.6. The highest BCUT2D eigenvalue weighted by Crippen LogP contribution is 2.44. The summed E-state index contributed by atoms with van der Waals surface area (Å²) in [5, 5.41) is 3.74. The molecule has 13 heteroatoms. The molecule has 40 heavy (non-hydrogen) atoms. The molecule has 1 aliphatic rings. The van der Waals surface area contributed by atoms with E-state index in [1.165, 1.54) is 28.8 Å². The van der Waals surface area contributed by atoms with Crippen LogP contribution in [-0.4, -0.2) is 51.3 Å². The Hall–Kier alpha value is -4.09. The molecule has 0 saturated heterocycles. The Morgan fingerprint density at radius 1 is 1.07 bits per heavy atom. The average molecular weight is 583 g/mol. The Balaban J connectivity index is 1.82. The van der Waals surface area contributed by atoms with Crippen LogP contribution in [0.1, 0.15) is 37.2 Å². The fourth-order valence-electron chi connectivity index (χ4n) is 4.82. The van der Waals surface area contributed by atoms with Crippen LogP contribution >= 0.6 is 23.2 Å². The van der Waals surface area contributed by atoms with Crippen molar-refractivity contribution < 1.29 is 9.53 Å². The molecular formula is C27H28Cl2N8O3. The number of pyridine rings is 1. The molecule has 0 saturated carbocycles. The minimum atomic E-state index is -0.746. The molecule has 0 spiro atoms. The number of aryl methyl sites for hydroxylation is 1. The molecule has 1 N–H and O–H groups in total. The van der Waals surface area contributed by atoms with Gasteiger partial charge in [0.25, 0.3) is 5.56 Å². The van der Waals surface area contributed by atoms with Crippen LogP contribution in [0.4, 0.5) is 22.2 Å². The minimum Gasteiger partial charge on any atom is -0.480 e. The third-order valence-corrected chi connectivity index (χ3v) is 7.04. The number of imidazole rings is 1. The second kappa shape index (κ2) is 10.5. The molecule has 0 fully saturated rings. The molecule has 5 rings (SSSR count). The molecule has 4 aromatic rings. The lowest BCUT2D eigenvalue weighted by molar-refractivity contribution is 0.254. The normalized spacial score (nSPS) is 14.8. The van der Waals surface area contributed by atoms with Gasteiger partial charge < -0.3 is 18.8 Å². The Morgan fingerprint density at radius 3 is 2.40 bits per heavy atom. The summed E-state index contributed by atoms with van der Waals surface area (Å²) in [4.78, 5) is 44.1. The number of methoxy groups -OCH3 is 1. The molecule has 0 aliphatic carbocycles. The van der Waals surface area contributed by atoms with Gasteiger partial charge in [0.2, 0.25) is 11.8 Å². The molecule has 0 radical (unpaired) electrons. The fraction of sp³-hybridized carbons (Fsp3) is 0.296. The molecule has 1 aromatic carbocycles. The van der Waals surface area contributed by atoms with Gasteiger partial charge in [0.1, 0.15) is 17.6 Å². The molecule has 2 amide bonds. The minimum absolute atomic E-state index is 0.118. The van der Waals surface area contributed by atoms with Crippen LogP contribution < -0.4 is 25.4 Å². The van der Waals surface area contributed by atoms with Crippen molar-refractivity contribution in [1.29, 1.82) is 0 Å². The van der Waals surface area contributed by atoms with Gasteiger partial charge in [-0.05, 0) is 37.6 Å². The first kappa shape index (κ1) is 27.5. The SMILES string of the molecule is COc1nc(N(C)C)ncc1-c1nc2c(n1C(C)C)C(c1ccc(Cl)cc1)N(c1cc(Cl)cn(C)c1=O)C(=O)N2. The zero-order valence-electron chi connectivity index (χ0n) is 22.8. The first-order valence-electron chi connectivity index (χ1n) is 12.4. The van der Waals surface area contributed by atoms with E-state index in [0.29, 0.717) is 44.8 Å². The number of fused-ring (bicyclic) bond motifs is 1. The van der Waals surface area contributed by atoms with E-state index in [9.17, 15) is 9.59 Å². The van der Waals surface area contributed by atoms with Crippen molar-refractivity contribution in [2.45, 2.75) is 25.9 Å². The van der Waals surface area contributed by atoms with Crippen LogP contribution in [0, 0.1) is 0 Å². The highest BCUT2D eigenvalue weighted by Gasteiger charge is 2.41. The van der Waals surface area contributed by atoms with Crippen molar-refractivity contribution in [1.82, 2.24) is 24.1 Å². The molecule has 1 atom stereocenters. The van der Waals surface area contributed by atoms with Gasteiger partial charge in [0, 0.05) is 44.6 Å². The predicted octanol–water partition coefficient (Wildman–Crippen LogP) is 5.14. The van der Waals surface area contributed by atoms with Gasteiger partial charge in [-0.3, -0.25) is 15.0 Å². The summed E-state index contributed by atoms with van der Waals surface area (Å²) in [6.07, 6.45) is 3.15. The smallest absolute Gasteiger partial charge is 0.328 e. The lowest BCUT2D eigenvalue weighted by Gasteiger charge is -2.37. The Bertz CT molecular complexity index is 1660. The number of aromatic nitrogens is 5. The summed E-state index contributed by atoms with van der Waals surface area (Å²) in [5.74, 6) is 1.66. The number of carbonyl (C=O) groups excluding carboxylic acids is 1. The summed E-state index contributed by atoms with van der Waals surface area (Å²) in [6.45, 7) is 4.01. The Labute approximate surface area is 241 Å². The zero-order chi connectivity index (χ0) is 28.9. The molecule has 1 aliphatic heterocycles. The van der Waals surface area contributed by atoms with E-state index in [1.807, 2.05) is 44.6 Å². The van der Waals surface area contributed by atoms with Crippen LogP contribution in [0.3, 0.4) is 0 Å². The quantitative estimate of drug-likeness (QED) is 0.335. The van der Waals surface area contributed by atoms with Crippen molar-refractivity contribution in [3.63, 3.8) is 0 Å². The monoisotopic (exact) mass is 582 g/mol. The molecular weight excluding hydrogens is 555 g/mol. The molecule has 208 valence electrons. The van der Waals surface area contributed by atoms with Crippen LogP contribution in [0.15, 0.2) is 47.5 Å². The van der Waals surface area contributed by atoms with Crippen molar-refractivity contribution in [2.24, 2.45) is 7.05 Å². The number of rotatable bonds is 6. The summed E-state index contributed by atoms with van der Waals surface area (Å²) in [5.41, 5.74) is 1.67. The van der Waals surface area contributed by atoms with Crippen LogP contribution in [0.25, 0.3) is 11.4 Å². The number of hydrogen-bond acceptors (Lipinski definition) is 7. The second-order valence-corrected chi connectivity index (χ2v) is 10.7. The maximum atomic E-state index is 13.7. The molecule has 11 nitrogen and oxygen atoms in total. The number of benzene rings is 1. The summed E-state index contributed by atoms with van der Waals surface area (Å²) in [7, 11) is 6.79. The predicted molar refractivity (Wildman–Crippen MR) is 156 cm³/mol. The Kier molecular flexibility index (Phi) is 7.19. The van der Waals surface area contributed by atoms with E-state index < -0.39 is 12.1 Å². The zero-order valence-corrected chi connectivity index (χ0v) is 24.3. The number of nitrogens with zero attached hydrogens (tertiary/aromatic N) is 7. The number of halogens is 2. The van der Waals surface area contributed by atoms with Crippen molar-refractivity contribution in [3.05, 3.63) is 74.4 Å². The number of hydrogen-bond donors (Lipinski definition) is 1. The third kappa shape index (κ3) is 4.65. The van der Waals surface area contributed by atoms with Gasteiger partial charge in [0.15, 0.2) is 5.82 Å². The van der Waals surface area contributed by atoms with E-state index in [0.717, 1.165) is 5.56 Å². The number of amides is 2. The third-order valence-electron chi connectivity index (χ3n) is 6.58. The maximum Gasteiger partial charge on any atom is 0.328 e. The number of carbonyl (C=O) groups is 1. The number of urea groups is 1. The highest BCUT2D eigenvalue weighted by molar-refractivity contribution is 6.31. The number of ether oxygens (including phenoxy) is 1. The molecule has 0 bridgehead atoms. The number of nitrogens with one attached hydrogen (secondary N) is 1. The summed E-state index contributed by atoms with van der Waals surface area (Å²) in [6, 6.07) is 7.22. The first-order chi connectivity index (χ1) is 19.0. The first-order valence-corrected chi connectivity index (χ1v) is 13.2. The van der Waals surface area contributed by atoms with Gasteiger partial charge in [-0.25, -0.2) is 14.8 Å². The Morgan fingerprint density at radius 2 is 1.77 bits per heavy atom. The largest absolute Gasteiger partial charge is 0.480 e. The molecule has 3 aromatic heterocycles. The van der Waals surface area contributed by atoms with Crippen LogP contribution in [0.5, 0.6) is 5.88 Å². The topological polar surface area (TPSA) is 110 Å². The lowest BCUT2D eigenvalue weighted by Crippen LogP contribution is -2.46. The molecule has 1 unspecified atom stereocenters. The lowest BCUT2D eigenvalue weighted by atomic mass is 9.99.